The Morgan fingerprint density at radius 2 is 1.86 bits per heavy atom. The van der Waals surface area contributed by atoms with Gasteiger partial charge < -0.3 is 20.8 Å². The van der Waals surface area contributed by atoms with Crippen molar-refractivity contribution in [3.05, 3.63) is 0 Å². The van der Waals surface area contributed by atoms with Crippen LogP contribution in [0.1, 0.15) is 40.5 Å². The van der Waals surface area contributed by atoms with Crippen molar-refractivity contribution in [2.75, 3.05) is 0 Å². The summed E-state index contributed by atoms with van der Waals surface area (Å²) in [5.74, 6) is -1.69. The van der Waals surface area contributed by atoms with Gasteiger partial charge in [-0.3, -0.25) is 14.4 Å². The molecule has 0 aliphatic carbocycles. The van der Waals surface area contributed by atoms with Crippen molar-refractivity contribution in [2.45, 2.75) is 58.2 Å². The number of rotatable bonds is 9. The van der Waals surface area contributed by atoms with E-state index in [4.69, 9.17) is 10.1 Å². The topological polar surface area (TPSA) is 125 Å². The molecule has 2 atom stereocenters. The van der Waals surface area contributed by atoms with Gasteiger partial charge in [0.1, 0.15) is 17.7 Å². The minimum atomic E-state index is -1.02. The molecule has 0 aliphatic heterocycles. The Morgan fingerprint density at radius 3 is 2.32 bits per heavy atom. The minimum absolute atomic E-state index is 0.0165. The summed E-state index contributed by atoms with van der Waals surface area (Å²) < 4.78 is 5.19. The largest absolute Gasteiger partial charge is 0.458 e. The Morgan fingerprint density at radius 1 is 1.27 bits per heavy atom. The van der Waals surface area contributed by atoms with Crippen molar-refractivity contribution in [1.82, 2.24) is 10.6 Å². The average Bonchev–Trinajstić information content (AvgIpc) is 2.40. The van der Waals surface area contributed by atoms with E-state index in [1.165, 1.54) is 6.92 Å². The zero-order valence-corrected chi connectivity index (χ0v) is 13.3. The predicted octanol–water partition coefficient (Wildman–Crippen LogP) is -0.0537. The monoisotopic (exact) mass is 313 g/mol. The lowest BCUT2D eigenvalue weighted by Crippen LogP contribution is -2.50. The van der Waals surface area contributed by atoms with Crippen LogP contribution in [0.5, 0.6) is 0 Å². The third kappa shape index (κ3) is 8.13. The van der Waals surface area contributed by atoms with E-state index in [0.29, 0.717) is 12.6 Å². The number of hydrogen-bond acceptors (Lipinski definition) is 6. The third-order valence-corrected chi connectivity index (χ3v) is 2.56. The second-order valence-corrected chi connectivity index (χ2v) is 5.75. The summed E-state index contributed by atoms with van der Waals surface area (Å²) in [6, 6.07) is -1.84. The van der Waals surface area contributed by atoms with Crippen LogP contribution in [0.2, 0.25) is 0 Å². The van der Waals surface area contributed by atoms with E-state index in [9.17, 15) is 19.2 Å². The highest BCUT2D eigenvalue weighted by Crippen LogP contribution is 2.11. The maximum atomic E-state index is 12.1. The molecule has 0 saturated carbocycles. The second-order valence-electron chi connectivity index (χ2n) is 5.75. The molecule has 0 aromatic carbocycles. The van der Waals surface area contributed by atoms with Crippen molar-refractivity contribution < 1.29 is 23.9 Å². The first-order valence-electron chi connectivity index (χ1n) is 6.87. The van der Waals surface area contributed by atoms with Gasteiger partial charge in [-0.2, -0.15) is 0 Å². The fourth-order valence-electron chi connectivity index (χ4n) is 1.46. The van der Waals surface area contributed by atoms with Gasteiger partial charge >= 0.3 is 5.97 Å². The van der Waals surface area contributed by atoms with Gasteiger partial charge in [0.25, 0.3) is 0 Å². The predicted molar refractivity (Wildman–Crippen MR) is 79.5 cm³/mol. The van der Waals surface area contributed by atoms with Gasteiger partial charge in [-0.05, 0) is 34.1 Å². The molecule has 0 rings (SSSR count). The zero-order valence-electron chi connectivity index (χ0n) is 13.3. The molecular formula is C14H23N3O5. The number of esters is 1. The van der Waals surface area contributed by atoms with Gasteiger partial charge in [-0.15, -0.1) is 0 Å². The molecule has 0 radical (unpaired) electrons. The highest BCUT2D eigenvalue weighted by molar-refractivity contribution is 6.26. The molecule has 0 aliphatic rings. The molecular weight excluding hydrogens is 290 g/mol. The van der Waals surface area contributed by atoms with Crippen LogP contribution in [0, 0.1) is 5.41 Å². The van der Waals surface area contributed by atoms with Crippen LogP contribution in [0.25, 0.3) is 0 Å². The summed E-state index contributed by atoms with van der Waals surface area (Å²) in [6.45, 7) is 6.51. The number of carbonyl (C=O) groups excluding carboxylic acids is 4. The maximum absolute atomic E-state index is 12.1. The van der Waals surface area contributed by atoms with Crippen LogP contribution in [-0.2, 0) is 23.9 Å². The quantitative estimate of drug-likeness (QED) is 0.312. The van der Waals surface area contributed by atoms with Crippen LogP contribution >= 0.6 is 0 Å². The number of hydrogen-bond donors (Lipinski definition) is 3. The lowest BCUT2D eigenvalue weighted by atomic mass is 10.1. The van der Waals surface area contributed by atoms with Gasteiger partial charge in [-0.1, -0.05) is 0 Å². The molecule has 0 spiro atoms. The van der Waals surface area contributed by atoms with E-state index < -0.39 is 35.3 Å². The van der Waals surface area contributed by atoms with E-state index in [1.807, 2.05) is 0 Å². The molecule has 0 aromatic rings. The first-order valence-corrected chi connectivity index (χ1v) is 6.87. The van der Waals surface area contributed by atoms with Crippen molar-refractivity contribution in [3.8, 4) is 0 Å². The van der Waals surface area contributed by atoms with Gasteiger partial charge in [0, 0.05) is 6.42 Å². The SMILES string of the molecule is C[C@H](NC=O)C(=O)NC(CCC(=O)C=N)C(=O)OC(C)(C)C. The molecule has 0 fully saturated rings. The van der Waals surface area contributed by atoms with Crippen molar-refractivity contribution >= 4 is 30.3 Å². The van der Waals surface area contributed by atoms with E-state index in [1.54, 1.807) is 20.8 Å². The average molecular weight is 313 g/mol. The van der Waals surface area contributed by atoms with E-state index >= 15 is 0 Å². The minimum Gasteiger partial charge on any atom is -0.458 e. The standard InChI is InChI=1S/C14H23N3O5/c1-9(16-8-18)12(20)17-11(6-5-10(19)7-15)13(21)22-14(2,3)4/h7-9,11,15H,5-6H2,1-4H3,(H,16,18)(H,17,20)/t9-,11?/m0/s1. The van der Waals surface area contributed by atoms with Gasteiger partial charge in [-0.25, -0.2) is 4.79 Å². The molecule has 8 heteroatoms. The molecule has 2 amide bonds. The lowest BCUT2D eigenvalue weighted by molar-refractivity contribution is -0.159. The van der Waals surface area contributed by atoms with Crippen molar-refractivity contribution in [3.63, 3.8) is 0 Å². The Labute approximate surface area is 129 Å². The number of carbonyl (C=O) groups is 4. The molecule has 0 saturated heterocycles. The summed E-state index contributed by atoms with van der Waals surface area (Å²) in [5.41, 5.74) is -0.738. The van der Waals surface area contributed by atoms with Crippen LogP contribution in [0.4, 0.5) is 0 Å². The molecule has 1 unspecified atom stereocenters. The van der Waals surface area contributed by atoms with Crippen molar-refractivity contribution in [1.29, 1.82) is 5.41 Å². The number of ether oxygens (including phenoxy) is 1. The van der Waals surface area contributed by atoms with E-state index in [2.05, 4.69) is 10.6 Å². The summed E-state index contributed by atoms with van der Waals surface area (Å²) in [4.78, 5) is 45.4. The molecule has 22 heavy (non-hydrogen) atoms. The lowest BCUT2D eigenvalue weighted by Gasteiger charge is -2.25. The number of Topliss-reactive ketones (excluding diaryl/α,β-unsaturated/α-hetero) is 1. The van der Waals surface area contributed by atoms with Crippen LogP contribution in [-0.4, -0.2) is 48.0 Å². The Balaban J connectivity index is 4.88. The second kappa shape index (κ2) is 8.91. The highest BCUT2D eigenvalue weighted by atomic mass is 16.6. The number of nitrogens with one attached hydrogen (secondary N) is 3. The fraction of sp³-hybridized carbons (Fsp3) is 0.643. The Kier molecular flexibility index (Phi) is 8.00. The van der Waals surface area contributed by atoms with Gasteiger partial charge in [0.05, 0.1) is 6.21 Å². The summed E-state index contributed by atoms with van der Waals surface area (Å²) in [7, 11) is 0. The maximum Gasteiger partial charge on any atom is 0.329 e. The fourth-order valence-corrected chi connectivity index (χ4v) is 1.46. The van der Waals surface area contributed by atoms with E-state index in [-0.39, 0.29) is 12.8 Å². The van der Waals surface area contributed by atoms with E-state index in [0.717, 1.165) is 0 Å². The van der Waals surface area contributed by atoms with Crippen LogP contribution in [0.15, 0.2) is 0 Å². The normalized spacial score (nSPS) is 13.5. The van der Waals surface area contributed by atoms with Gasteiger partial charge in [0.15, 0.2) is 5.78 Å². The molecule has 0 heterocycles. The molecule has 3 N–H and O–H groups in total. The molecule has 8 nitrogen and oxygen atoms in total. The zero-order chi connectivity index (χ0) is 17.3. The summed E-state index contributed by atoms with van der Waals surface area (Å²) in [5, 5.41) is 11.5. The molecule has 124 valence electrons. The first kappa shape index (κ1) is 19.8. The number of ketones is 1. The van der Waals surface area contributed by atoms with Crippen molar-refractivity contribution in [2.24, 2.45) is 0 Å². The van der Waals surface area contributed by atoms with Crippen LogP contribution < -0.4 is 10.6 Å². The Bertz CT molecular complexity index is 442. The number of amides is 2. The van der Waals surface area contributed by atoms with Gasteiger partial charge in [0.2, 0.25) is 12.3 Å². The van der Waals surface area contributed by atoms with Crippen LogP contribution in [0.3, 0.4) is 0 Å². The molecule has 0 aromatic heterocycles. The summed E-state index contributed by atoms with van der Waals surface area (Å²) in [6.07, 6.45) is 0.988. The highest BCUT2D eigenvalue weighted by Gasteiger charge is 2.28. The first-order chi connectivity index (χ1) is 10.1. The summed E-state index contributed by atoms with van der Waals surface area (Å²) >= 11 is 0. The smallest absolute Gasteiger partial charge is 0.329 e. The molecule has 0 bridgehead atoms. The Hall–Kier alpha value is -2.25. The third-order valence-electron chi connectivity index (χ3n) is 2.56.